The third kappa shape index (κ3) is 2.60. The first-order valence-electron chi connectivity index (χ1n) is 8.42. The standard InChI is InChI=1S/C21H21ClN2/c1-24(2)15-11-14-7-3-4-8-16(14)18(12-15)19-13-23-20-10-6-5-9-17(20)21(19)22/h3-10,13,15,18H,11-12H2,1-2H3. The monoisotopic (exact) mass is 336 g/mol. The highest BCUT2D eigenvalue weighted by molar-refractivity contribution is 6.36. The zero-order valence-corrected chi connectivity index (χ0v) is 14.8. The lowest BCUT2D eigenvalue weighted by molar-refractivity contribution is 0.258. The molecule has 4 rings (SSSR count). The molecule has 0 saturated heterocycles. The van der Waals surface area contributed by atoms with Crippen LogP contribution in [0.4, 0.5) is 0 Å². The molecule has 2 nitrogen and oxygen atoms in total. The lowest BCUT2D eigenvalue weighted by Crippen LogP contribution is -2.35. The number of rotatable bonds is 2. The van der Waals surface area contributed by atoms with Crippen LogP contribution in [0.2, 0.25) is 5.02 Å². The Kier molecular flexibility index (Phi) is 4.03. The first-order valence-corrected chi connectivity index (χ1v) is 8.80. The number of para-hydroxylation sites is 1. The summed E-state index contributed by atoms with van der Waals surface area (Å²) in [6.07, 6.45) is 4.15. The van der Waals surface area contributed by atoms with E-state index in [1.807, 2.05) is 24.4 Å². The lowest BCUT2D eigenvalue weighted by Gasteiger charge is -2.35. The second-order valence-corrected chi connectivity index (χ2v) is 7.23. The van der Waals surface area contributed by atoms with Gasteiger partial charge < -0.3 is 4.90 Å². The van der Waals surface area contributed by atoms with Gasteiger partial charge in [-0.05, 0) is 49.7 Å². The van der Waals surface area contributed by atoms with E-state index in [2.05, 4.69) is 54.3 Å². The van der Waals surface area contributed by atoms with Gasteiger partial charge in [-0.3, -0.25) is 4.98 Å². The molecule has 2 atom stereocenters. The van der Waals surface area contributed by atoms with Crippen molar-refractivity contribution in [3.63, 3.8) is 0 Å². The van der Waals surface area contributed by atoms with Crippen LogP contribution in [0, 0.1) is 0 Å². The predicted molar refractivity (Wildman–Crippen MR) is 101 cm³/mol. The normalized spacial score (nSPS) is 20.3. The van der Waals surface area contributed by atoms with Crippen molar-refractivity contribution in [2.45, 2.75) is 24.8 Å². The molecule has 1 heterocycles. The molecule has 1 aliphatic rings. The number of benzene rings is 2. The number of aromatic nitrogens is 1. The van der Waals surface area contributed by atoms with Gasteiger partial charge in [0.2, 0.25) is 0 Å². The average Bonchev–Trinajstić information content (AvgIpc) is 2.61. The summed E-state index contributed by atoms with van der Waals surface area (Å²) < 4.78 is 0. The van der Waals surface area contributed by atoms with Crippen LogP contribution in [0.1, 0.15) is 29.0 Å². The molecule has 0 aliphatic heterocycles. The first kappa shape index (κ1) is 15.6. The predicted octanol–water partition coefficient (Wildman–Crippen LogP) is 4.90. The van der Waals surface area contributed by atoms with Gasteiger partial charge in [-0.2, -0.15) is 0 Å². The van der Waals surface area contributed by atoms with Crippen molar-refractivity contribution in [3.05, 3.63) is 76.4 Å². The molecular weight excluding hydrogens is 316 g/mol. The highest BCUT2D eigenvalue weighted by Gasteiger charge is 2.30. The van der Waals surface area contributed by atoms with Gasteiger partial charge in [-0.1, -0.05) is 54.1 Å². The second kappa shape index (κ2) is 6.19. The van der Waals surface area contributed by atoms with Crippen LogP contribution in [0.3, 0.4) is 0 Å². The molecule has 0 fully saturated rings. The molecule has 0 radical (unpaired) electrons. The van der Waals surface area contributed by atoms with Gasteiger partial charge in [0.15, 0.2) is 0 Å². The van der Waals surface area contributed by atoms with Gasteiger partial charge in [0.05, 0.1) is 10.5 Å². The van der Waals surface area contributed by atoms with Crippen molar-refractivity contribution in [2.75, 3.05) is 14.1 Å². The Bertz CT molecular complexity index is 888. The highest BCUT2D eigenvalue weighted by atomic mass is 35.5. The average molecular weight is 337 g/mol. The van der Waals surface area contributed by atoms with Crippen LogP contribution in [-0.4, -0.2) is 30.0 Å². The fourth-order valence-corrected chi connectivity index (χ4v) is 4.19. The molecule has 2 unspecified atom stereocenters. The maximum absolute atomic E-state index is 6.82. The van der Waals surface area contributed by atoms with E-state index in [1.165, 1.54) is 11.1 Å². The van der Waals surface area contributed by atoms with E-state index in [4.69, 9.17) is 11.6 Å². The van der Waals surface area contributed by atoms with Crippen molar-refractivity contribution in [1.29, 1.82) is 0 Å². The molecule has 0 amide bonds. The van der Waals surface area contributed by atoms with E-state index >= 15 is 0 Å². The van der Waals surface area contributed by atoms with E-state index in [0.717, 1.165) is 34.3 Å². The van der Waals surface area contributed by atoms with Crippen LogP contribution in [-0.2, 0) is 6.42 Å². The number of halogens is 1. The number of hydrogen-bond acceptors (Lipinski definition) is 2. The minimum atomic E-state index is 0.298. The molecule has 0 bridgehead atoms. The van der Waals surface area contributed by atoms with E-state index < -0.39 is 0 Å². The Hall–Kier alpha value is -1.90. The second-order valence-electron chi connectivity index (χ2n) is 6.85. The minimum absolute atomic E-state index is 0.298. The molecule has 1 aliphatic carbocycles. The number of hydrogen-bond donors (Lipinski definition) is 0. The van der Waals surface area contributed by atoms with Crippen LogP contribution in [0.5, 0.6) is 0 Å². The van der Waals surface area contributed by atoms with Crippen LogP contribution >= 0.6 is 11.6 Å². The van der Waals surface area contributed by atoms with Crippen LogP contribution in [0.15, 0.2) is 54.7 Å². The Morgan fingerprint density at radius 3 is 2.58 bits per heavy atom. The summed E-state index contributed by atoms with van der Waals surface area (Å²) in [6.45, 7) is 0. The van der Waals surface area contributed by atoms with Gasteiger partial charge in [-0.15, -0.1) is 0 Å². The Labute approximate surface area is 148 Å². The third-order valence-corrected chi connectivity index (χ3v) is 5.66. The van der Waals surface area contributed by atoms with E-state index in [0.29, 0.717) is 12.0 Å². The number of nitrogens with zero attached hydrogens (tertiary/aromatic N) is 2. The Morgan fingerprint density at radius 2 is 1.75 bits per heavy atom. The fourth-order valence-electron chi connectivity index (χ4n) is 3.85. The zero-order chi connectivity index (χ0) is 16.7. The van der Waals surface area contributed by atoms with Gasteiger partial charge in [-0.25, -0.2) is 0 Å². The van der Waals surface area contributed by atoms with E-state index in [-0.39, 0.29) is 0 Å². The molecular formula is C21H21ClN2. The highest BCUT2D eigenvalue weighted by Crippen LogP contribution is 2.41. The fraction of sp³-hybridized carbons (Fsp3) is 0.286. The molecule has 3 heteroatoms. The summed E-state index contributed by atoms with van der Waals surface area (Å²) in [5.74, 6) is 0.298. The number of fused-ring (bicyclic) bond motifs is 2. The quantitative estimate of drug-likeness (QED) is 0.662. The summed E-state index contributed by atoms with van der Waals surface area (Å²) in [5.41, 5.74) is 4.93. The topological polar surface area (TPSA) is 16.1 Å². The molecule has 0 saturated carbocycles. The molecule has 3 aromatic rings. The summed E-state index contributed by atoms with van der Waals surface area (Å²) in [5, 5.41) is 1.89. The molecule has 2 aromatic carbocycles. The van der Waals surface area contributed by atoms with Crippen molar-refractivity contribution in [1.82, 2.24) is 9.88 Å². The maximum atomic E-state index is 6.82. The SMILES string of the molecule is CN(C)C1Cc2ccccc2C(c2cnc3ccccc3c2Cl)C1. The third-order valence-electron chi connectivity index (χ3n) is 5.24. The molecule has 24 heavy (non-hydrogen) atoms. The summed E-state index contributed by atoms with van der Waals surface area (Å²) in [4.78, 5) is 6.99. The van der Waals surface area contributed by atoms with E-state index in [1.54, 1.807) is 0 Å². The van der Waals surface area contributed by atoms with Crippen molar-refractivity contribution in [2.24, 2.45) is 0 Å². The summed E-state index contributed by atoms with van der Waals surface area (Å²) in [6, 6.07) is 17.4. The van der Waals surface area contributed by atoms with Gasteiger partial charge in [0.1, 0.15) is 0 Å². The first-order chi connectivity index (χ1) is 11.6. The van der Waals surface area contributed by atoms with Gasteiger partial charge >= 0.3 is 0 Å². The number of likely N-dealkylation sites (N-methyl/N-ethyl adjacent to an activating group) is 1. The molecule has 1 aromatic heterocycles. The van der Waals surface area contributed by atoms with Crippen molar-refractivity contribution < 1.29 is 0 Å². The van der Waals surface area contributed by atoms with Crippen LogP contribution < -0.4 is 0 Å². The van der Waals surface area contributed by atoms with Crippen LogP contribution in [0.25, 0.3) is 10.9 Å². The molecule has 122 valence electrons. The molecule has 0 spiro atoms. The van der Waals surface area contributed by atoms with Crippen molar-refractivity contribution in [3.8, 4) is 0 Å². The Morgan fingerprint density at radius 1 is 1.00 bits per heavy atom. The maximum Gasteiger partial charge on any atom is 0.0717 e. The Balaban J connectivity index is 1.87. The minimum Gasteiger partial charge on any atom is -0.306 e. The number of pyridine rings is 1. The largest absolute Gasteiger partial charge is 0.306 e. The smallest absolute Gasteiger partial charge is 0.0717 e. The summed E-state index contributed by atoms with van der Waals surface area (Å²) in [7, 11) is 4.33. The van der Waals surface area contributed by atoms with Gasteiger partial charge in [0, 0.05) is 23.5 Å². The van der Waals surface area contributed by atoms with E-state index in [9.17, 15) is 0 Å². The molecule has 0 N–H and O–H groups in total. The lowest BCUT2D eigenvalue weighted by atomic mass is 9.76. The summed E-state index contributed by atoms with van der Waals surface area (Å²) >= 11 is 6.82. The van der Waals surface area contributed by atoms with Gasteiger partial charge in [0.25, 0.3) is 0 Å². The zero-order valence-electron chi connectivity index (χ0n) is 14.0. The van der Waals surface area contributed by atoms with Crippen molar-refractivity contribution >= 4 is 22.5 Å².